The molecule has 1 rings (SSSR count). The highest BCUT2D eigenvalue weighted by atomic mass is 19.4. The molecule has 19 heavy (non-hydrogen) atoms. The van der Waals surface area contributed by atoms with Gasteiger partial charge in [-0.1, -0.05) is 32.6 Å². The number of anilines is 1. The second-order valence-corrected chi connectivity index (χ2v) is 3.16. The maximum Gasteiger partial charge on any atom is 0.415 e. The van der Waals surface area contributed by atoms with Crippen LogP contribution >= 0.6 is 0 Å². The van der Waals surface area contributed by atoms with Gasteiger partial charge in [0.25, 0.3) is 6.01 Å². The third-order valence-electron chi connectivity index (χ3n) is 1.95. The van der Waals surface area contributed by atoms with E-state index in [-0.39, 0.29) is 6.01 Å². The Labute approximate surface area is 110 Å². The fourth-order valence-corrected chi connectivity index (χ4v) is 1.03. The first-order valence-corrected chi connectivity index (χ1v) is 5.66. The van der Waals surface area contributed by atoms with Crippen LogP contribution in [0.2, 0.25) is 0 Å². The normalized spacial score (nSPS) is 12.2. The lowest BCUT2D eigenvalue weighted by molar-refractivity contribution is -0.0878. The lowest BCUT2D eigenvalue weighted by atomic mass is 10.1. The van der Waals surface area contributed by atoms with Gasteiger partial charge in [0.1, 0.15) is 0 Å². The number of hydrogen-bond acceptors (Lipinski definition) is 3. The molecule has 2 N–H and O–H groups in total. The number of allylic oxidation sites excluding steroid dienone is 5. The molecule has 0 unspecified atom stereocenters. The molecule has 1 aromatic heterocycles. The number of aromatic nitrogens is 1. The number of oxazole rings is 1. The first-order valence-electron chi connectivity index (χ1n) is 5.66. The van der Waals surface area contributed by atoms with Crippen molar-refractivity contribution >= 4 is 11.6 Å². The second-order valence-electron chi connectivity index (χ2n) is 3.16. The van der Waals surface area contributed by atoms with Gasteiger partial charge in [-0.15, -0.1) is 0 Å². The van der Waals surface area contributed by atoms with Crippen LogP contribution in [0.4, 0.5) is 19.2 Å². The van der Waals surface area contributed by atoms with Gasteiger partial charge in [-0.3, -0.25) is 0 Å². The van der Waals surface area contributed by atoms with Gasteiger partial charge < -0.3 is 10.2 Å². The van der Waals surface area contributed by atoms with Crippen LogP contribution in [0.15, 0.2) is 41.0 Å². The molecule has 0 aromatic carbocycles. The number of alkyl halides is 3. The molecule has 0 spiro atoms. The zero-order valence-corrected chi connectivity index (χ0v) is 11.1. The summed E-state index contributed by atoms with van der Waals surface area (Å²) in [6.45, 7) is 8.58. The van der Waals surface area contributed by atoms with Crippen molar-refractivity contribution in [3.63, 3.8) is 0 Å². The number of hydrogen-bond donors (Lipinski definition) is 1. The van der Waals surface area contributed by atoms with E-state index < -0.39 is 11.7 Å². The van der Waals surface area contributed by atoms with Crippen LogP contribution in [0.3, 0.4) is 0 Å². The standard InChI is InChI=1S/C11H11F3N2O.C2H6/c1-3-8(9-6-16-10(15)17-9)5-4-7(2)11(12,13)14;1-2/h3-6H,2H2,1H3,(H2,15,16);1-2H3/b5-4-,8-3+;. The molecule has 3 nitrogen and oxygen atoms in total. The Morgan fingerprint density at radius 3 is 2.32 bits per heavy atom. The van der Waals surface area contributed by atoms with Gasteiger partial charge >= 0.3 is 6.18 Å². The molecular weight excluding hydrogens is 257 g/mol. The summed E-state index contributed by atoms with van der Waals surface area (Å²) in [5.74, 6) is 0.302. The van der Waals surface area contributed by atoms with Gasteiger partial charge in [0.05, 0.1) is 6.20 Å². The Hall–Kier alpha value is -1.98. The van der Waals surface area contributed by atoms with Gasteiger partial charge in [-0.25, -0.2) is 4.98 Å². The molecule has 0 atom stereocenters. The van der Waals surface area contributed by atoms with Crippen molar-refractivity contribution in [3.8, 4) is 0 Å². The van der Waals surface area contributed by atoms with E-state index in [1.807, 2.05) is 13.8 Å². The number of halogens is 3. The van der Waals surface area contributed by atoms with Crippen molar-refractivity contribution < 1.29 is 17.6 Å². The minimum Gasteiger partial charge on any atom is -0.424 e. The highest BCUT2D eigenvalue weighted by molar-refractivity contribution is 5.71. The van der Waals surface area contributed by atoms with Crippen LogP contribution in [-0.2, 0) is 0 Å². The molecule has 0 bridgehead atoms. The van der Waals surface area contributed by atoms with Gasteiger partial charge in [0.15, 0.2) is 5.76 Å². The molecule has 1 aromatic rings. The summed E-state index contributed by atoms with van der Waals surface area (Å²) in [4.78, 5) is 3.65. The Kier molecular flexibility index (Phi) is 6.68. The zero-order valence-electron chi connectivity index (χ0n) is 11.1. The van der Waals surface area contributed by atoms with Crippen molar-refractivity contribution in [2.24, 2.45) is 0 Å². The molecule has 0 saturated carbocycles. The summed E-state index contributed by atoms with van der Waals surface area (Å²) in [5, 5.41) is 0. The average molecular weight is 274 g/mol. The Bertz CT molecular complexity index is 470. The smallest absolute Gasteiger partial charge is 0.415 e. The lowest BCUT2D eigenvalue weighted by Crippen LogP contribution is -2.08. The first kappa shape index (κ1) is 17.0. The van der Waals surface area contributed by atoms with Gasteiger partial charge in [0, 0.05) is 11.1 Å². The topological polar surface area (TPSA) is 52.0 Å². The molecule has 0 aliphatic carbocycles. The van der Waals surface area contributed by atoms with Crippen LogP contribution in [0.25, 0.3) is 5.57 Å². The molecule has 106 valence electrons. The number of nitrogens with two attached hydrogens (primary N) is 1. The summed E-state index contributed by atoms with van der Waals surface area (Å²) in [6.07, 6.45) is 0.602. The number of nitrogen functional groups attached to an aromatic ring is 1. The van der Waals surface area contributed by atoms with Gasteiger partial charge in [0.2, 0.25) is 0 Å². The molecule has 0 fully saturated rings. The van der Waals surface area contributed by atoms with E-state index in [2.05, 4.69) is 11.6 Å². The van der Waals surface area contributed by atoms with Gasteiger partial charge in [-0.05, 0) is 13.0 Å². The van der Waals surface area contributed by atoms with Crippen molar-refractivity contribution in [1.29, 1.82) is 0 Å². The summed E-state index contributed by atoms with van der Waals surface area (Å²) in [6, 6.07) is -0.0394. The van der Waals surface area contributed by atoms with Crippen LogP contribution < -0.4 is 5.73 Å². The number of nitrogens with zero attached hydrogens (tertiary/aromatic N) is 1. The largest absolute Gasteiger partial charge is 0.424 e. The maximum absolute atomic E-state index is 12.2. The zero-order chi connectivity index (χ0) is 15.1. The fourth-order valence-electron chi connectivity index (χ4n) is 1.03. The molecule has 0 radical (unpaired) electrons. The highest BCUT2D eigenvalue weighted by Gasteiger charge is 2.29. The Morgan fingerprint density at radius 1 is 1.37 bits per heavy atom. The van der Waals surface area contributed by atoms with Crippen LogP contribution in [0.5, 0.6) is 0 Å². The molecule has 6 heteroatoms. The summed E-state index contributed by atoms with van der Waals surface area (Å²) in [5.41, 5.74) is 4.77. The van der Waals surface area contributed by atoms with Crippen molar-refractivity contribution in [2.75, 3.05) is 5.73 Å². The van der Waals surface area contributed by atoms with Crippen LogP contribution in [0, 0.1) is 0 Å². The number of rotatable bonds is 3. The summed E-state index contributed by atoms with van der Waals surface area (Å²) >= 11 is 0. The third-order valence-corrected chi connectivity index (χ3v) is 1.95. The van der Waals surface area contributed by atoms with E-state index in [9.17, 15) is 13.2 Å². The minimum atomic E-state index is -4.43. The molecule has 0 amide bonds. The molecule has 0 aliphatic heterocycles. The second kappa shape index (κ2) is 7.45. The summed E-state index contributed by atoms with van der Waals surface area (Å²) in [7, 11) is 0. The molecule has 1 heterocycles. The van der Waals surface area contributed by atoms with E-state index in [0.717, 1.165) is 6.08 Å². The van der Waals surface area contributed by atoms with E-state index in [1.54, 1.807) is 13.0 Å². The predicted octanol–water partition coefficient (Wildman–Crippen LogP) is 4.36. The molecular formula is C13H17F3N2O. The average Bonchev–Trinajstić information content (AvgIpc) is 2.78. The third kappa shape index (κ3) is 5.46. The lowest BCUT2D eigenvalue weighted by Gasteiger charge is -2.04. The van der Waals surface area contributed by atoms with Gasteiger partial charge in [-0.2, -0.15) is 13.2 Å². The van der Waals surface area contributed by atoms with Crippen LogP contribution in [0.1, 0.15) is 26.5 Å². The van der Waals surface area contributed by atoms with Crippen molar-refractivity contribution in [3.05, 3.63) is 42.3 Å². The molecule has 0 saturated heterocycles. The minimum absolute atomic E-state index is 0.0394. The van der Waals surface area contributed by atoms with E-state index in [1.165, 1.54) is 12.3 Å². The summed E-state index contributed by atoms with van der Waals surface area (Å²) < 4.78 is 41.5. The Morgan fingerprint density at radius 2 is 1.95 bits per heavy atom. The van der Waals surface area contributed by atoms with E-state index in [0.29, 0.717) is 11.3 Å². The van der Waals surface area contributed by atoms with Crippen LogP contribution in [-0.4, -0.2) is 11.2 Å². The maximum atomic E-state index is 12.2. The van der Waals surface area contributed by atoms with E-state index >= 15 is 0 Å². The van der Waals surface area contributed by atoms with E-state index in [4.69, 9.17) is 10.2 Å². The fraction of sp³-hybridized carbons (Fsp3) is 0.308. The first-order chi connectivity index (χ1) is 8.84. The monoisotopic (exact) mass is 274 g/mol. The SMILES string of the molecule is C=C(/C=C\C(=C/C)c1cnc(N)o1)C(F)(F)F.CC. The quantitative estimate of drug-likeness (QED) is 0.833. The predicted molar refractivity (Wildman–Crippen MR) is 70.2 cm³/mol. The Balaban J connectivity index is 0.00000154. The van der Waals surface area contributed by atoms with Crippen molar-refractivity contribution in [1.82, 2.24) is 4.98 Å². The molecule has 0 aliphatic rings. The highest BCUT2D eigenvalue weighted by Crippen LogP contribution is 2.26. The van der Waals surface area contributed by atoms with Crippen molar-refractivity contribution in [2.45, 2.75) is 26.9 Å².